The molecule has 114 valence electrons. The maximum absolute atomic E-state index is 12.1. The molecular weight excluding hydrogens is 268 g/mol. The van der Waals surface area contributed by atoms with Crippen LogP contribution in [0.5, 0.6) is 0 Å². The van der Waals surface area contributed by atoms with E-state index in [4.69, 9.17) is 5.73 Å². The summed E-state index contributed by atoms with van der Waals surface area (Å²) in [6.07, 6.45) is 3.83. The van der Waals surface area contributed by atoms with Crippen molar-refractivity contribution in [1.29, 1.82) is 0 Å². The van der Waals surface area contributed by atoms with Gasteiger partial charge in [0.25, 0.3) is 0 Å². The van der Waals surface area contributed by atoms with Gasteiger partial charge >= 0.3 is 0 Å². The first-order chi connectivity index (χ1) is 9.38. The molecule has 3 nitrogen and oxygen atoms in total. The smallest absolute Gasteiger partial charge is 0.223 e. The van der Waals surface area contributed by atoms with Gasteiger partial charge in [-0.15, -0.1) is 11.3 Å². The molecule has 0 spiro atoms. The van der Waals surface area contributed by atoms with E-state index >= 15 is 0 Å². The van der Waals surface area contributed by atoms with Crippen LogP contribution in [0.25, 0.3) is 0 Å². The lowest BCUT2D eigenvalue weighted by molar-refractivity contribution is -0.125. The molecule has 1 amide bonds. The van der Waals surface area contributed by atoms with E-state index in [0.29, 0.717) is 0 Å². The number of amides is 1. The van der Waals surface area contributed by atoms with Crippen LogP contribution in [-0.4, -0.2) is 18.0 Å². The number of rotatable bonds is 8. The number of hydrogen-bond acceptors (Lipinski definition) is 3. The normalized spacial score (nSPS) is 15.7. The van der Waals surface area contributed by atoms with Crippen LogP contribution in [0.4, 0.5) is 0 Å². The number of carbonyl (C=O) groups is 1. The third kappa shape index (κ3) is 6.53. The minimum absolute atomic E-state index is 0.0706. The number of thiophene rings is 1. The number of carbonyl (C=O) groups excluding carboxylic acids is 1. The van der Waals surface area contributed by atoms with Crippen molar-refractivity contribution in [2.24, 2.45) is 11.7 Å². The van der Waals surface area contributed by atoms with E-state index in [1.54, 1.807) is 11.3 Å². The summed E-state index contributed by atoms with van der Waals surface area (Å²) in [5.41, 5.74) is 5.72. The van der Waals surface area contributed by atoms with Gasteiger partial charge in [0.05, 0.1) is 0 Å². The third-order valence-electron chi connectivity index (χ3n) is 3.44. The summed E-state index contributed by atoms with van der Waals surface area (Å²) in [5.74, 6) is 0.233. The number of nitrogens with one attached hydrogen (secondary N) is 1. The van der Waals surface area contributed by atoms with Crippen LogP contribution in [0, 0.1) is 12.8 Å². The zero-order chi connectivity index (χ0) is 15.1. The molecule has 0 aliphatic heterocycles. The van der Waals surface area contributed by atoms with E-state index < -0.39 is 0 Å². The van der Waals surface area contributed by atoms with Crippen LogP contribution in [0.2, 0.25) is 0 Å². The van der Waals surface area contributed by atoms with Gasteiger partial charge in [0.1, 0.15) is 0 Å². The predicted molar refractivity (Wildman–Crippen MR) is 87.0 cm³/mol. The molecule has 0 aliphatic rings. The van der Waals surface area contributed by atoms with Crippen molar-refractivity contribution in [2.75, 3.05) is 0 Å². The largest absolute Gasteiger partial charge is 0.353 e. The van der Waals surface area contributed by atoms with E-state index in [0.717, 1.165) is 25.7 Å². The van der Waals surface area contributed by atoms with E-state index in [-0.39, 0.29) is 23.9 Å². The molecule has 3 N–H and O–H groups in total. The summed E-state index contributed by atoms with van der Waals surface area (Å²) in [6.45, 7) is 8.19. The highest BCUT2D eigenvalue weighted by molar-refractivity contribution is 7.11. The van der Waals surface area contributed by atoms with Gasteiger partial charge in [-0.25, -0.2) is 0 Å². The number of hydrogen-bond donors (Lipinski definition) is 2. The Bertz CT molecular complexity index is 414. The standard InChI is InChI=1S/C16H28N2OS/c1-11(6-5-7-12(2)17)16(19)18-13(3)10-15-9-8-14(4)20-15/h8-9,11-13H,5-7,10,17H2,1-4H3,(H,18,19). The van der Waals surface area contributed by atoms with E-state index in [2.05, 4.69) is 31.3 Å². The fraction of sp³-hybridized carbons (Fsp3) is 0.688. The molecule has 3 unspecified atom stereocenters. The average molecular weight is 296 g/mol. The van der Waals surface area contributed by atoms with Gasteiger partial charge < -0.3 is 11.1 Å². The Balaban J connectivity index is 2.29. The van der Waals surface area contributed by atoms with Crippen LogP contribution in [0.1, 0.15) is 49.8 Å². The Morgan fingerprint density at radius 2 is 2.00 bits per heavy atom. The predicted octanol–water partition coefficient (Wildman–Crippen LogP) is 3.26. The molecule has 1 aromatic rings. The Hall–Kier alpha value is -0.870. The first-order valence-electron chi connectivity index (χ1n) is 7.49. The second-order valence-corrected chi connectivity index (χ2v) is 7.31. The van der Waals surface area contributed by atoms with E-state index in [1.807, 2.05) is 13.8 Å². The minimum atomic E-state index is 0.0706. The summed E-state index contributed by atoms with van der Waals surface area (Å²) in [6, 6.07) is 4.70. The highest BCUT2D eigenvalue weighted by atomic mass is 32.1. The highest BCUT2D eigenvalue weighted by Gasteiger charge is 2.15. The van der Waals surface area contributed by atoms with Crippen LogP contribution < -0.4 is 11.1 Å². The zero-order valence-electron chi connectivity index (χ0n) is 13.1. The van der Waals surface area contributed by atoms with Crippen LogP contribution in [0.3, 0.4) is 0 Å². The van der Waals surface area contributed by atoms with Gasteiger partial charge in [-0.1, -0.05) is 13.3 Å². The second kappa shape index (κ2) is 8.42. The zero-order valence-corrected chi connectivity index (χ0v) is 13.9. The van der Waals surface area contributed by atoms with E-state index in [9.17, 15) is 4.79 Å². The molecule has 0 saturated carbocycles. The molecule has 0 fully saturated rings. The first kappa shape index (κ1) is 17.2. The summed E-state index contributed by atoms with van der Waals surface area (Å²) < 4.78 is 0. The summed E-state index contributed by atoms with van der Waals surface area (Å²) in [7, 11) is 0. The lowest BCUT2D eigenvalue weighted by Crippen LogP contribution is -2.37. The molecule has 1 rings (SSSR count). The van der Waals surface area contributed by atoms with Gasteiger partial charge in [0, 0.05) is 34.2 Å². The van der Waals surface area contributed by atoms with Gasteiger partial charge in [-0.3, -0.25) is 4.79 Å². The Morgan fingerprint density at radius 3 is 2.55 bits per heavy atom. The lowest BCUT2D eigenvalue weighted by atomic mass is 10.0. The fourth-order valence-electron chi connectivity index (χ4n) is 2.21. The SMILES string of the molecule is Cc1ccc(CC(C)NC(=O)C(C)CCCC(C)N)s1. The molecule has 0 bridgehead atoms. The molecule has 1 heterocycles. The van der Waals surface area contributed by atoms with Gasteiger partial charge in [0.2, 0.25) is 5.91 Å². The Morgan fingerprint density at radius 1 is 1.30 bits per heavy atom. The molecule has 0 radical (unpaired) electrons. The molecule has 3 atom stereocenters. The lowest BCUT2D eigenvalue weighted by Gasteiger charge is -2.17. The monoisotopic (exact) mass is 296 g/mol. The van der Waals surface area contributed by atoms with Crippen molar-refractivity contribution in [2.45, 2.75) is 65.5 Å². The van der Waals surface area contributed by atoms with Crippen molar-refractivity contribution < 1.29 is 4.79 Å². The second-order valence-electron chi connectivity index (χ2n) is 5.94. The minimum Gasteiger partial charge on any atom is -0.353 e. The van der Waals surface area contributed by atoms with Crippen LogP contribution in [0.15, 0.2) is 12.1 Å². The third-order valence-corrected chi connectivity index (χ3v) is 4.46. The molecule has 0 saturated heterocycles. The average Bonchev–Trinajstić information content (AvgIpc) is 2.73. The van der Waals surface area contributed by atoms with E-state index in [1.165, 1.54) is 9.75 Å². The van der Waals surface area contributed by atoms with Crippen LogP contribution >= 0.6 is 11.3 Å². The first-order valence-corrected chi connectivity index (χ1v) is 8.31. The van der Waals surface area contributed by atoms with Crippen molar-refractivity contribution in [3.63, 3.8) is 0 Å². The number of aryl methyl sites for hydroxylation is 1. The van der Waals surface area contributed by atoms with Gasteiger partial charge in [0.15, 0.2) is 0 Å². The van der Waals surface area contributed by atoms with Crippen LogP contribution in [-0.2, 0) is 11.2 Å². The molecule has 1 aromatic heterocycles. The molecule has 4 heteroatoms. The number of nitrogens with two attached hydrogens (primary N) is 1. The Labute approximate surface area is 127 Å². The summed E-state index contributed by atoms with van der Waals surface area (Å²) in [4.78, 5) is 14.7. The highest BCUT2D eigenvalue weighted by Crippen LogP contribution is 2.17. The Kier molecular flexibility index (Phi) is 7.24. The van der Waals surface area contributed by atoms with Gasteiger partial charge in [-0.05, 0) is 45.7 Å². The summed E-state index contributed by atoms with van der Waals surface area (Å²) in [5, 5.41) is 3.11. The molecule has 0 aliphatic carbocycles. The van der Waals surface area contributed by atoms with Crippen molar-refractivity contribution in [3.05, 3.63) is 21.9 Å². The fourth-order valence-corrected chi connectivity index (χ4v) is 3.23. The van der Waals surface area contributed by atoms with Crippen molar-refractivity contribution in [3.8, 4) is 0 Å². The van der Waals surface area contributed by atoms with Crippen molar-refractivity contribution in [1.82, 2.24) is 5.32 Å². The maximum atomic E-state index is 12.1. The molecule has 20 heavy (non-hydrogen) atoms. The summed E-state index contributed by atoms with van der Waals surface area (Å²) >= 11 is 1.80. The maximum Gasteiger partial charge on any atom is 0.223 e. The quantitative estimate of drug-likeness (QED) is 0.773. The van der Waals surface area contributed by atoms with Crippen molar-refractivity contribution >= 4 is 17.2 Å². The van der Waals surface area contributed by atoms with Gasteiger partial charge in [-0.2, -0.15) is 0 Å². The molecular formula is C16H28N2OS. The topological polar surface area (TPSA) is 55.1 Å². The molecule has 0 aromatic carbocycles.